The first-order valence-corrected chi connectivity index (χ1v) is 23.1. The van der Waals surface area contributed by atoms with E-state index in [9.17, 15) is 4.55 Å². The monoisotopic (exact) mass is 865 g/mol. The molecule has 4 aromatic heterocycles. The van der Waals surface area contributed by atoms with Crippen molar-refractivity contribution in [2.75, 3.05) is 43.3 Å². The molecule has 6 aromatic rings. The number of methoxy groups -OCH3 is 2. The average Bonchev–Trinajstić information content (AvgIpc) is 3.93. The number of anilines is 3. The van der Waals surface area contributed by atoms with Gasteiger partial charge in [0.15, 0.2) is 11.3 Å². The van der Waals surface area contributed by atoms with Crippen LogP contribution >= 0.6 is 0 Å². The zero-order valence-corrected chi connectivity index (χ0v) is 38.1. The Morgan fingerprint density at radius 3 is 2.06 bits per heavy atom. The van der Waals surface area contributed by atoms with Crippen molar-refractivity contribution in [3.8, 4) is 11.5 Å². The molecule has 1 saturated carbocycles. The van der Waals surface area contributed by atoms with Crippen LogP contribution in [0.3, 0.4) is 0 Å². The summed E-state index contributed by atoms with van der Waals surface area (Å²) in [5.41, 5.74) is 11.8. The molecule has 1 aliphatic heterocycles. The van der Waals surface area contributed by atoms with Gasteiger partial charge in [0.05, 0.1) is 38.7 Å². The predicted octanol–water partition coefficient (Wildman–Crippen LogP) is 7.40. The van der Waals surface area contributed by atoms with Crippen molar-refractivity contribution in [2.24, 2.45) is 5.73 Å². The topological polar surface area (TPSA) is 202 Å². The largest absolute Gasteiger partial charge is 0.609 e. The van der Waals surface area contributed by atoms with Gasteiger partial charge in [-0.2, -0.15) is 34.2 Å². The van der Waals surface area contributed by atoms with Crippen molar-refractivity contribution in [1.29, 1.82) is 0 Å². The summed E-state index contributed by atoms with van der Waals surface area (Å²) in [6, 6.07) is 16.5. The molecule has 0 amide bonds. The lowest BCUT2D eigenvalue weighted by atomic mass is 9.92. The van der Waals surface area contributed by atoms with Crippen molar-refractivity contribution in [3.63, 3.8) is 0 Å². The molecule has 1 aliphatic carbocycles. The molecular weight excluding hydrogens is 803 g/mol. The number of fused-ring (bicyclic) bond motifs is 2. The number of aromatic nitrogens is 8. The second kappa shape index (κ2) is 20.3. The molecule has 2 fully saturated rings. The lowest BCUT2D eigenvalue weighted by Crippen LogP contribution is -2.39. The quantitative estimate of drug-likeness (QED) is 0.0678. The number of para-hydroxylation sites is 1. The van der Waals surface area contributed by atoms with Crippen LogP contribution < -0.4 is 36.5 Å². The van der Waals surface area contributed by atoms with E-state index in [4.69, 9.17) is 30.2 Å². The molecule has 0 bridgehead atoms. The number of nitrogens with zero attached hydrogens (tertiary/aromatic N) is 8. The molecule has 2 aromatic carbocycles. The average molecular weight is 866 g/mol. The van der Waals surface area contributed by atoms with Crippen molar-refractivity contribution in [2.45, 2.75) is 126 Å². The maximum Gasteiger partial charge on any atom is 0.348 e. The Morgan fingerprint density at radius 2 is 1.42 bits per heavy atom. The minimum absolute atomic E-state index is 0.0143. The second-order valence-electron chi connectivity index (χ2n) is 17.0. The van der Waals surface area contributed by atoms with E-state index < -0.39 is 11.2 Å². The van der Waals surface area contributed by atoms with Gasteiger partial charge in [-0.1, -0.05) is 58.0 Å². The highest BCUT2D eigenvalue weighted by Gasteiger charge is 2.32. The van der Waals surface area contributed by atoms with Crippen LogP contribution in [0.4, 0.5) is 17.8 Å². The number of ether oxygens (including phenoxy) is 2. The fourth-order valence-electron chi connectivity index (χ4n) is 8.01. The Bertz CT molecular complexity index is 2390. The Hall–Kier alpha value is -5.23. The number of nitrogens with two attached hydrogens (primary N) is 1. The number of nitrogens with one attached hydrogen (secondary N) is 4. The van der Waals surface area contributed by atoms with Crippen LogP contribution in [-0.2, 0) is 11.2 Å². The van der Waals surface area contributed by atoms with E-state index in [2.05, 4.69) is 77.1 Å². The van der Waals surface area contributed by atoms with E-state index in [-0.39, 0.29) is 23.3 Å². The van der Waals surface area contributed by atoms with Gasteiger partial charge in [-0.3, -0.25) is 0 Å². The summed E-state index contributed by atoms with van der Waals surface area (Å²) in [7, 11) is 3.34. The molecule has 5 heterocycles. The first kappa shape index (κ1) is 44.8. The Morgan fingerprint density at radius 1 is 0.758 bits per heavy atom. The molecule has 8 rings (SSSR count). The molecule has 62 heavy (non-hydrogen) atoms. The van der Waals surface area contributed by atoms with E-state index >= 15 is 0 Å². The van der Waals surface area contributed by atoms with Gasteiger partial charge in [-0.05, 0) is 94.5 Å². The molecule has 1 unspecified atom stereocenters. The fraction of sp³-hybridized carbons (Fsp3) is 0.511. The third-order valence-corrected chi connectivity index (χ3v) is 13.3. The summed E-state index contributed by atoms with van der Waals surface area (Å²) in [6.45, 7) is 14.3. The smallest absolute Gasteiger partial charge is 0.348 e. The number of piperidine rings is 1. The summed E-state index contributed by atoms with van der Waals surface area (Å²) >= 11 is -1.30. The van der Waals surface area contributed by atoms with Crippen LogP contribution in [0, 0.1) is 0 Å². The van der Waals surface area contributed by atoms with Gasteiger partial charge >= 0.3 is 5.16 Å². The van der Waals surface area contributed by atoms with Gasteiger partial charge in [-0.25, -0.2) is 0 Å². The van der Waals surface area contributed by atoms with Crippen LogP contribution in [-0.4, -0.2) is 88.4 Å². The summed E-state index contributed by atoms with van der Waals surface area (Å²) in [5.74, 6) is 4.02. The zero-order chi connectivity index (χ0) is 43.9. The van der Waals surface area contributed by atoms with Gasteiger partial charge in [0.1, 0.15) is 16.7 Å². The van der Waals surface area contributed by atoms with Crippen LogP contribution in [0.5, 0.6) is 11.5 Å². The van der Waals surface area contributed by atoms with Crippen molar-refractivity contribution in [3.05, 3.63) is 83.2 Å². The number of hydrogen-bond acceptors (Lipinski definition) is 14. The highest BCUT2D eigenvalue weighted by molar-refractivity contribution is 7.91. The zero-order valence-electron chi connectivity index (χ0n) is 37.3. The van der Waals surface area contributed by atoms with Crippen LogP contribution in [0.1, 0.15) is 126 Å². The molecule has 4 atom stereocenters. The maximum absolute atomic E-state index is 13.3. The van der Waals surface area contributed by atoms with Crippen molar-refractivity contribution >= 4 is 40.3 Å². The first-order valence-electron chi connectivity index (χ1n) is 21.9. The van der Waals surface area contributed by atoms with Gasteiger partial charge in [0.2, 0.25) is 17.8 Å². The Labute approximate surface area is 367 Å². The van der Waals surface area contributed by atoms with E-state index in [1.165, 1.54) is 0 Å². The fourth-order valence-corrected chi connectivity index (χ4v) is 9.31. The van der Waals surface area contributed by atoms with E-state index in [1.807, 2.05) is 61.8 Å². The van der Waals surface area contributed by atoms with Crippen LogP contribution in [0.25, 0.3) is 11.3 Å². The molecule has 0 spiro atoms. The van der Waals surface area contributed by atoms with Gasteiger partial charge in [0, 0.05) is 46.5 Å². The maximum atomic E-state index is 13.3. The highest BCUT2D eigenvalue weighted by Crippen LogP contribution is 2.31. The molecule has 1 saturated heterocycles. The minimum Gasteiger partial charge on any atom is -0.609 e. The summed E-state index contributed by atoms with van der Waals surface area (Å²) in [6.07, 6.45) is 9.76. The SMILES string of the molecule is COc1cccc([C@H](C)Nc2nc(NC3CCC(N)CC3)nc3c(C(C)C)cnn23)c1.COc1ccccc1[C@H](C)Nc1nc([S+]([O-])[C@@H]2CCCNC2)nc2c(C(C)C)cnn12. The van der Waals surface area contributed by atoms with E-state index in [0.717, 1.165) is 91.0 Å². The second-order valence-corrected chi connectivity index (χ2v) is 18.6. The molecule has 17 heteroatoms. The van der Waals surface area contributed by atoms with Gasteiger partial charge in [-0.15, -0.1) is 4.98 Å². The summed E-state index contributed by atoms with van der Waals surface area (Å²) in [5, 5.41) is 23.3. The Balaban J connectivity index is 0.000000186. The minimum atomic E-state index is -1.30. The Kier molecular flexibility index (Phi) is 14.7. The number of hydrogen-bond donors (Lipinski definition) is 5. The van der Waals surface area contributed by atoms with Gasteiger partial charge in [0.25, 0.3) is 0 Å². The number of rotatable bonds is 14. The third kappa shape index (κ3) is 10.3. The lowest BCUT2D eigenvalue weighted by Gasteiger charge is -2.27. The molecule has 16 nitrogen and oxygen atoms in total. The van der Waals surface area contributed by atoms with Crippen LogP contribution in [0.15, 0.2) is 66.1 Å². The normalized spacial score (nSPS) is 19.5. The summed E-state index contributed by atoms with van der Waals surface area (Å²) in [4.78, 5) is 19.0. The third-order valence-electron chi connectivity index (χ3n) is 11.7. The standard InChI is InChI=1S/C23H33N7O.C22H30N6O2S/c1-14(2)20-13-25-30-21(20)28-22(27-18-10-8-17(24)9-11-18)29-23(30)26-15(3)16-6-5-7-19(12-16)31-4;1-14(2)18-13-24-28-20(18)26-22(31(29)16-8-7-11-23-12-16)27-21(28)25-15(3)17-9-5-6-10-19(17)30-4/h5-7,12-15,17-18H,8-11,24H2,1-4H3,(H2,26,27,28,29);5-6,9-10,13-16,23H,7-8,11-12H2,1-4H3,(H,25,26,27)/t15-,17?,18?;15-,16+,31?/m00/s1. The molecule has 332 valence electrons. The highest BCUT2D eigenvalue weighted by atomic mass is 32.2. The summed E-state index contributed by atoms with van der Waals surface area (Å²) < 4.78 is 27.7. The van der Waals surface area contributed by atoms with E-state index in [0.29, 0.717) is 46.7 Å². The van der Waals surface area contributed by atoms with Crippen molar-refractivity contribution < 1.29 is 14.0 Å². The van der Waals surface area contributed by atoms with Gasteiger partial charge < -0.3 is 41.0 Å². The number of benzene rings is 2. The lowest BCUT2D eigenvalue weighted by molar-refractivity contribution is 0.408. The van der Waals surface area contributed by atoms with E-state index in [1.54, 1.807) is 23.3 Å². The molecule has 6 N–H and O–H groups in total. The van der Waals surface area contributed by atoms with Crippen molar-refractivity contribution in [1.82, 2.24) is 44.5 Å². The first-order chi connectivity index (χ1) is 29.9. The predicted molar refractivity (Wildman–Crippen MR) is 246 cm³/mol. The molecule has 2 aliphatic rings. The van der Waals surface area contributed by atoms with Crippen LogP contribution in [0.2, 0.25) is 0 Å². The molecule has 0 radical (unpaired) electrons. The molecular formula is C45H63N13O3S.